The predicted molar refractivity (Wildman–Crippen MR) is 108 cm³/mol. The minimum absolute atomic E-state index is 0.0571. The number of likely N-dealkylation sites (tertiary alicyclic amines) is 1. The Kier molecular flexibility index (Phi) is 5.88. The topological polar surface area (TPSA) is 89.1 Å². The molecule has 4 rings (SSSR count). The Balaban J connectivity index is 1.24. The molecule has 0 aliphatic carbocycles. The van der Waals surface area contributed by atoms with Gasteiger partial charge in [0.2, 0.25) is 0 Å². The van der Waals surface area contributed by atoms with Gasteiger partial charge in [-0.15, -0.1) is 0 Å². The third-order valence-corrected chi connectivity index (χ3v) is 5.37. The van der Waals surface area contributed by atoms with Crippen LogP contribution in [0.15, 0.2) is 47.4 Å². The number of pyridine rings is 1. The molecule has 29 heavy (non-hydrogen) atoms. The van der Waals surface area contributed by atoms with E-state index < -0.39 is 0 Å². The maximum atomic E-state index is 12.8. The summed E-state index contributed by atoms with van der Waals surface area (Å²) in [6.45, 7) is 4.93. The molecule has 1 N–H and O–H groups in total. The van der Waals surface area contributed by atoms with E-state index in [1.165, 1.54) is 0 Å². The van der Waals surface area contributed by atoms with E-state index in [-0.39, 0.29) is 5.91 Å². The van der Waals surface area contributed by atoms with Gasteiger partial charge in [-0.2, -0.15) is 5.10 Å². The van der Waals surface area contributed by atoms with Crippen molar-refractivity contribution in [3.05, 3.63) is 59.9 Å². The van der Waals surface area contributed by atoms with Crippen LogP contribution in [0.2, 0.25) is 0 Å². The molecular formula is C21H26N6O2. The lowest BCUT2D eigenvalue weighted by atomic mass is 9.93. The van der Waals surface area contributed by atoms with E-state index in [2.05, 4.69) is 20.6 Å². The fourth-order valence-electron chi connectivity index (χ4n) is 3.66. The van der Waals surface area contributed by atoms with E-state index in [0.29, 0.717) is 23.8 Å². The predicted octanol–water partition coefficient (Wildman–Crippen LogP) is 3.13. The first-order chi connectivity index (χ1) is 14.2. The van der Waals surface area contributed by atoms with E-state index in [1.54, 1.807) is 6.20 Å². The monoisotopic (exact) mass is 394 g/mol. The third kappa shape index (κ3) is 5.01. The average molecular weight is 394 g/mol. The Morgan fingerprint density at radius 2 is 2.17 bits per heavy atom. The molecule has 0 unspecified atom stereocenters. The van der Waals surface area contributed by atoms with Crippen LogP contribution in [0.25, 0.3) is 0 Å². The number of rotatable bonds is 7. The highest BCUT2D eigenvalue weighted by molar-refractivity contribution is 5.94. The number of carbonyl (C=O) groups excluding carboxylic acids is 1. The van der Waals surface area contributed by atoms with Gasteiger partial charge in [-0.25, -0.2) is 4.98 Å². The third-order valence-electron chi connectivity index (χ3n) is 5.37. The number of amides is 1. The quantitative estimate of drug-likeness (QED) is 0.662. The molecule has 3 aromatic rings. The molecule has 3 aromatic heterocycles. The first kappa shape index (κ1) is 19.2. The highest BCUT2D eigenvalue weighted by atomic mass is 16.5. The van der Waals surface area contributed by atoms with E-state index in [0.717, 1.165) is 50.4 Å². The van der Waals surface area contributed by atoms with Crippen molar-refractivity contribution in [2.75, 3.05) is 18.4 Å². The van der Waals surface area contributed by atoms with Crippen LogP contribution in [0.5, 0.6) is 0 Å². The summed E-state index contributed by atoms with van der Waals surface area (Å²) >= 11 is 0. The van der Waals surface area contributed by atoms with Gasteiger partial charge in [0.25, 0.3) is 5.91 Å². The van der Waals surface area contributed by atoms with Crippen molar-refractivity contribution in [2.45, 2.75) is 39.3 Å². The van der Waals surface area contributed by atoms with E-state index in [9.17, 15) is 4.79 Å². The molecule has 0 saturated carbocycles. The molecule has 0 aromatic carbocycles. The normalized spacial score (nSPS) is 14.9. The molecule has 1 amide bonds. The highest BCUT2D eigenvalue weighted by Gasteiger charge is 2.23. The Hall–Kier alpha value is -3.16. The second kappa shape index (κ2) is 8.89. The van der Waals surface area contributed by atoms with Gasteiger partial charge in [0.05, 0.1) is 12.1 Å². The highest BCUT2D eigenvalue weighted by Crippen LogP contribution is 2.22. The van der Waals surface area contributed by atoms with Crippen molar-refractivity contribution in [3.8, 4) is 0 Å². The molecular weight excluding hydrogens is 368 g/mol. The lowest BCUT2D eigenvalue weighted by Gasteiger charge is -2.32. The van der Waals surface area contributed by atoms with Gasteiger partial charge in [0, 0.05) is 44.3 Å². The van der Waals surface area contributed by atoms with Crippen LogP contribution in [0.1, 0.15) is 41.1 Å². The molecule has 1 fully saturated rings. The molecule has 8 nitrogen and oxygen atoms in total. The Labute approximate surface area is 169 Å². The summed E-state index contributed by atoms with van der Waals surface area (Å²) in [4.78, 5) is 19.1. The Bertz CT molecular complexity index is 911. The molecule has 1 aliphatic heterocycles. The molecule has 0 bridgehead atoms. The Morgan fingerprint density at radius 1 is 1.31 bits per heavy atom. The lowest BCUT2D eigenvalue weighted by molar-refractivity contribution is 0.0684. The van der Waals surface area contributed by atoms with Crippen LogP contribution < -0.4 is 5.32 Å². The minimum atomic E-state index is 0.0571. The first-order valence-electron chi connectivity index (χ1n) is 10.1. The maximum absolute atomic E-state index is 12.8. The van der Waals surface area contributed by atoms with Crippen LogP contribution in [0.3, 0.4) is 0 Å². The van der Waals surface area contributed by atoms with Crippen molar-refractivity contribution in [1.82, 2.24) is 24.8 Å². The standard InChI is InChI=1S/C21H26N6O2/c1-16-13-19(25-29-16)15-23-20-4-3-18(14-22-20)21(28)26-10-5-17(6-11-26)7-12-27-9-2-8-24-27/h2-4,8-9,13-14,17H,5-7,10-12,15H2,1H3,(H,22,23). The zero-order chi connectivity index (χ0) is 20.1. The minimum Gasteiger partial charge on any atom is -0.364 e. The number of hydrogen-bond donors (Lipinski definition) is 1. The summed E-state index contributed by atoms with van der Waals surface area (Å²) in [7, 11) is 0. The molecule has 4 heterocycles. The second-order valence-corrected chi connectivity index (χ2v) is 7.51. The number of carbonyl (C=O) groups is 1. The molecule has 152 valence electrons. The maximum Gasteiger partial charge on any atom is 0.255 e. The lowest BCUT2D eigenvalue weighted by Crippen LogP contribution is -2.38. The van der Waals surface area contributed by atoms with Crippen LogP contribution in [0, 0.1) is 12.8 Å². The van der Waals surface area contributed by atoms with Gasteiger partial charge in [-0.1, -0.05) is 5.16 Å². The van der Waals surface area contributed by atoms with Gasteiger partial charge < -0.3 is 14.7 Å². The number of aryl methyl sites for hydroxylation is 2. The van der Waals surface area contributed by atoms with Gasteiger partial charge in [-0.05, 0) is 50.3 Å². The number of nitrogens with zero attached hydrogens (tertiary/aromatic N) is 5. The van der Waals surface area contributed by atoms with Crippen molar-refractivity contribution >= 4 is 11.7 Å². The van der Waals surface area contributed by atoms with E-state index >= 15 is 0 Å². The SMILES string of the molecule is Cc1cc(CNc2ccc(C(=O)N3CCC(CCn4cccn4)CC3)cn2)no1. The fourth-order valence-corrected chi connectivity index (χ4v) is 3.66. The van der Waals surface area contributed by atoms with Gasteiger partial charge in [-0.3, -0.25) is 9.48 Å². The molecule has 0 spiro atoms. The zero-order valence-corrected chi connectivity index (χ0v) is 16.6. The second-order valence-electron chi connectivity index (χ2n) is 7.51. The van der Waals surface area contributed by atoms with Crippen molar-refractivity contribution in [1.29, 1.82) is 0 Å². The summed E-state index contributed by atoms with van der Waals surface area (Å²) < 4.78 is 7.02. The molecule has 8 heteroatoms. The van der Waals surface area contributed by atoms with Crippen molar-refractivity contribution in [2.24, 2.45) is 5.92 Å². The fraction of sp³-hybridized carbons (Fsp3) is 0.429. The molecule has 1 aliphatic rings. The number of hydrogen-bond acceptors (Lipinski definition) is 6. The number of aromatic nitrogens is 4. The molecule has 0 atom stereocenters. The van der Waals surface area contributed by atoms with E-state index in [4.69, 9.17) is 4.52 Å². The van der Waals surface area contributed by atoms with Gasteiger partial charge in [0.1, 0.15) is 17.3 Å². The summed E-state index contributed by atoms with van der Waals surface area (Å²) in [6.07, 6.45) is 8.63. The zero-order valence-electron chi connectivity index (χ0n) is 16.6. The van der Waals surface area contributed by atoms with Crippen molar-refractivity contribution in [3.63, 3.8) is 0 Å². The van der Waals surface area contributed by atoms with Crippen LogP contribution in [-0.4, -0.2) is 43.8 Å². The summed E-state index contributed by atoms with van der Waals surface area (Å²) in [6, 6.07) is 7.49. The average Bonchev–Trinajstić information content (AvgIpc) is 3.43. The van der Waals surface area contributed by atoms with Crippen molar-refractivity contribution < 1.29 is 9.32 Å². The molecule has 1 saturated heterocycles. The molecule has 0 radical (unpaired) electrons. The van der Waals surface area contributed by atoms with Crippen LogP contribution >= 0.6 is 0 Å². The van der Waals surface area contributed by atoms with Crippen LogP contribution in [-0.2, 0) is 13.1 Å². The first-order valence-corrected chi connectivity index (χ1v) is 10.1. The van der Waals surface area contributed by atoms with E-state index in [1.807, 2.05) is 53.2 Å². The number of nitrogens with one attached hydrogen (secondary N) is 1. The Morgan fingerprint density at radius 3 is 2.83 bits per heavy atom. The summed E-state index contributed by atoms with van der Waals surface area (Å²) in [5.74, 6) is 2.19. The van der Waals surface area contributed by atoms with Gasteiger partial charge >= 0.3 is 0 Å². The summed E-state index contributed by atoms with van der Waals surface area (Å²) in [5.41, 5.74) is 1.45. The van der Waals surface area contributed by atoms with Crippen LogP contribution in [0.4, 0.5) is 5.82 Å². The largest absolute Gasteiger partial charge is 0.364 e. The van der Waals surface area contributed by atoms with Gasteiger partial charge in [0.15, 0.2) is 0 Å². The number of piperidine rings is 1. The smallest absolute Gasteiger partial charge is 0.255 e. The number of anilines is 1. The summed E-state index contributed by atoms with van der Waals surface area (Å²) in [5, 5.41) is 11.4.